The maximum atomic E-state index is 10.5. The molecule has 1 saturated heterocycles. The molecular weight excluding hydrogens is 424 g/mol. The van der Waals surface area contributed by atoms with Gasteiger partial charge >= 0.3 is 0 Å². The van der Waals surface area contributed by atoms with Crippen LogP contribution in [0, 0.1) is 0 Å². The van der Waals surface area contributed by atoms with Crippen LogP contribution >= 0.6 is 0 Å². The molecule has 3 aromatic rings. The maximum absolute atomic E-state index is 10.5. The summed E-state index contributed by atoms with van der Waals surface area (Å²) in [5.74, 6) is 1.48. The number of phenolic OH excluding ortho intramolecular Hbond substituents is 2. The van der Waals surface area contributed by atoms with Crippen molar-refractivity contribution in [1.82, 2.24) is 4.90 Å². The number of rotatable bonds is 10. The molecule has 0 amide bonds. The van der Waals surface area contributed by atoms with Gasteiger partial charge in [0.05, 0.1) is 5.69 Å². The van der Waals surface area contributed by atoms with Crippen LogP contribution in [0.2, 0.25) is 0 Å². The highest BCUT2D eigenvalue weighted by Crippen LogP contribution is 2.29. The Hall–Kier alpha value is -3.18. The Bertz CT molecular complexity index is 1030. The van der Waals surface area contributed by atoms with Crippen molar-refractivity contribution >= 4 is 5.69 Å². The summed E-state index contributed by atoms with van der Waals surface area (Å²) in [4.78, 5) is 4.56. The van der Waals surface area contributed by atoms with Gasteiger partial charge in [0, 0.05) is 20.1 Å². The van der Waals surface area contributed by atoms with Gasteiger partial charge in [0.25, 0.3) is 0 Å². The zero-order valence-corrected chi connectivity index (χ0v) is 20.1. The summed E-state index contributed by atoms with van der Waals surface area (Å²) in [5.41, 5.74) is 4.34. The Kier molecular flexibility index (Phi) is 8.31. The molecule has 1 aliphatic rings. The number of hydrogen-bond acceptors (Lipinski definition) is 5. The monoisotopic (exact) mass is 460 g/mol. The highest BCUT2D eigenvalue weighted by molar-refractivity contribution is 5.59. The lowest BCUT2D eigenvalue weighted by Gasteiger charge is -2.26. The maximum Gasteiger partial charge on any atom is 0.138 e. The highest BCUT2D eigenvalue weighted by atomic mass is 16.5. The predicted molar refractivity (Wildman–Crippen MR) is 138 cm³/mol. The fraction of sp³-hybridized carbons (Fsp3) is 0.379. The van der Waals surface area contributed by atoms with Gasteiger partial charge in [-0.2, -0.15) is 0 Å². The normalized spacial score (nSPS) is 14.1. The van der Waals surface area contributed by atoms with Crippen molar-refractivity contribution in [2.24, 2.45) is 0 Å². The van der Waals surface area contributed by atoms with Gasteiger partial charge in [0.1, 0.15) is 23.9 Å². The van der Waals surface area contributed by atoms with E-state index in [0.717, 1.165) is 37.4 Å². The summed E-state index contributed by atoms with van der Waals surface area (Å²) < 4.78 is 5.95. The molecular formula is C29H36N2O3. The molecule has 0 saturated carbocycles. The number of likely N-dealkylation sites (tertiary alicyclic amines) is 1. The molecule has 1 heterocycles. The van der Waals surface area contributed by atoms with Crippen LogP contribution in [-0.4, -0.2) is 48.4 Å². The van der Waals surface area contributed by atoms with Crippen LogP contribution in [0.25, 0.3) is 0 Å². The summed E-state index contributed by atoms with van der Waals surface area (Å²) in [5, 5.41) is 19.9. The van der Waals surface area contributed by atoms with Crippen molar-refractivity contribution in [2.75, 3.05) is 38.2 Å². The molecule has 0 aliphatic carbocycles. The second-order valence-corrected chi connectivity index (χ2v) is 9.24. The topological polar surface area (TPSA) is 56.2 Å². The fourth-order valence-corrected chi connectivity index (χ4v) is 4.51. The Balaban J connectivity index is 1.29. The van der Waals surface area contributed by atoms with Crippen LogP contribution in [-0.2, 0) is 19.4 Å². The van der Waals surface area contributed by atoms with E-state index in [4.69, 9.17) is 4.74 Å². The minimum atomic E-state index is 0.286. The van der Waals surface area contributed by atoms with E-state index in [1.54, 1.807) is 18.2 Å². The van der Waals surface area contributed by atoms with E-state index in [1.807, 2.05) is 37.4 Å². The Morgan fingerprint density at radius 3 is 2.18 bits per heavy atom. The van der Waals surface area contributed by atoms with E-state index < -0.39 is 0 Å². The SMILES string of the molecule is CN(Cc1ccc(OCCN2CCCCC2)cc1)c1cc(CCc2ccc(O)cc2)ccc1O. The van der Waals surface area contributed by atoms with Crippen LogP contribution in [0.5, 0.6) is 17.2 Å². The van der Waals surface area contributed by atoms with Crippen molar-refractivity contribution in [3.05, 3.63) is 83.4 Å². The average molecular weight is 461 g/mol. The van der Waals surface area contributed by atoms with Crippen LogP contribution in [0.3, 0.4) is 0 Å². The molecule has 1 fully saturated rings. The lowest BCUT2D eigenvalue weighted by molar-refractivity contribution is 0.183. The number of anilines is 1. The van der Waals surface area contributed by atoms with Crippen LogP contribution in [0.15, 0.2) is 66.7 Å². The molecule has 180 valence electrons. The highest BCUT2D eigenvalue weighted by Gasteiger charge is 2.11. The van der Waals surface area contributed by atoms with Crippen LogP contribution in [0.4, 0.5) is 5.69 Å². The third-order valence-electron chi connectivity index (χ3n) is 6.56. The second-order valence-electron chi connectivity index (χ2n) is 9.24. The number of aryl methyl sites for hydroxylation is 2. The molecule has 5 nitrogen and oxygen atoms in total. The first-order valence-electron chi connectivity index (χ1n) is 12.3. The Labute approximate surface area is 203 Å². The molecule has 0 bridgehead atoms. The molecule has 0 aromatic heterocycles. The molecule has 0 radical (unpaired) electrons. The molecule has 0 spiro atoms. The molecule has 5 heteroatoms. The summed E-state index contributed by atoms with van der Waals surface area (Å²) in [6, 6.07) is 21.4. The second kappa shape index (κ2) is 11.8. The lowest BCUT2D eigenvalue weighted by Crippen LogP contribution is -2.33. The summed E-state index contributed by atoms with van der Waals surface area (Å²) in [6.45, 7) is 4.80. The average Bonchev–Trinajstić information content (AvgIpc) is 2.86. The van der Waals surface area contributed by atoms with Crippen molar-refractivity contribution in [3.8, 4) is 17.2 Å². The van der Waals surface area contributed by atoms with Crippen molar-refractivity contribution in [3.63, 3.8) is 0 Å². The van der Waals surface area contributed by atoms with E-state index in [-0.39, 0.29) is 11.5 Å². The largest absolute Gasteiger partial charge is 0.508 e. The van der Waals surface area contributed by atoms with E-state index >= 15 is 0 Å². The molecule has 0 unspecified atom stereocenters. The fourth-order valence-electron chi connectivity index (χ4n) is 4.51. The van der Waals surface area contributed by atoms with Gasteiger partial charge in [-0.15, -0.1) is 0 Å². The smallest absolute Gasteiger partial charge is 0.138 e. The number of nitrogens with zero attached hydrogens (tertiary/aromatic N) is 2. The first kappa shape index (κ1) is 24.0. The van der Waals surface area contributed by atoms with Crippen molar-refractivity contribution in [1.29, 1.82) is 0 Å². The summed E-state index contributed by atoms with van der Waals surface area (Å²) in [7, 11) is 2.00. The molecule has 2 N–H and O–H groups in total. The molecule has 34 heavy (non-hydrogen) atoms. The third-order valence-corrected chi connectivity index (χ3v) is 6.56. The number of aromatic hydroxyl groups is 2. The van der Waals surface area contributed by atoms with E-state index in [0.29, 0.717) is 6.54 Å². The molecule has 1 aliphatic heterocycles. The molecule has 3 aromatic carbocycles. The van der Waals surface area contributed by atoms with E-state index in [9.17, 15) is 10.2 Å². The standard InChI is InChI=1S/C29H36N2O3/c1-30(22-25-9-14-27(15-10-25)34-20-19-31-17-3-2-4-18-31)28-21-24(11-16-29(28)33)6-5-23-7-12-26(32)13-8-23/h7-16,21,32-33H,2-6,17-20,22H2,1H3. The van der Waals surface area contributed by atoms with Crippen molar-refractivity contribution in [2.45, 2.75) is 38.6 Å². The number of benzene rings is 3. The summed E-state index contributed by atoms with van der Waals surface area (Å²) >= 11 is 0. The minimum absolute atomic E-state index is 0.286. The minimum Gasteiger partial charge on any atom is -0.508 e. The Morgan fingerprint density at radius 1 is 0.794 bits per heavy atom. The van der Waals surface area contributed by atoms with E-state index in [1.165, 1.54) is 49.0 Å². The van der Waals surface area contributed by atoms with Gasteiger partial charge in [0.15, 0.2) is 0 Å². The van der Waals surface area contributed by atoms with Crippen LogP contribution < -0.4 is 9.64 Å². The zero-order valence-electron chi connectivity index (χ0n) is 20.1. The van der Waals surface area contributed by atoms with Gasteiger partial charge in [-0.1, -0.05) is 36.8 Å². The van der Waals surface area contributed by atoms with Gasteiger partial charge in [-0.05, 0) is 91.9 Å². The van der Waals surface area contributed by atoms with Gasteiger partial charge < -0.3 is 19.8 Å². The van der Waals surface area contributed by atoms with Crippen molar-refractivity contribution < 1.29 is 14.9 Å². The first-order valence-corrected chi connectivity index (χ1v) is 12.3. The summed E-state index contributed by atoms with van der Waals surface area (Å²) in [6.07, 6.45) is 5.72. The third kappa shape index (κ3) is 6.91. The number of phenols is 2. The predicted octanol–water partition coefficient (Wildman–Crippen LogP) is 5.38. The Morgan fingerprint density at radius 2 is 1.44 bits per heavy atom. The van der Waals surface area contributed by atoms with Crippen LogP contribution in [0.1, 0.15) is 36.0 Å². The molecule has 0 atom stereocenters. The lowest BCUT2D eigenvalue weighted by atomic mass is 10.0. The number of piperidine rings is 1. The first-order chi connectivity index (χ1) is 16.6. The van der Waals surface area contributed by atoms with Gasteiger partial charge in [-0.25, -0.2) is 0 Å². The number of ether oxygens (including phenoxy) is 1. The van der Waals surface area contributed by atoms with Gasteiger partial charge in [0.2, 0.25) is 0 Å². The quantitative estimate of drug-likeness (QED) is 0.425. The molecule has 4 rings (SSSR count). The van der Waals surface area contributed by atoms with E-state index in [2.05, 4.69) is 28.0 Å². The van der Waals surface area contributed by atoms with Gasteiger partial charge in [-0.3, -0.25) is 4.90 Å². The number of hydrogen-bond donors (Lipinski definition) is 2. The zero-order chi connectivity index (χ0) is 23.8.